The highest BCUT2D eigenvalue weighted by molar-refractivity contribution is 7.16. The highest BCUT2D eigenvalue weighted by Crippen LogP contribution is 2.39. The standard InChI is InChI=1S/C18H17N3O4S/c22-16(9-1-5-12-13(7-9)25-8-24-12)21-18-20-15-11(4-6-14(15)26-18)17(23)19-10-2-3-10/h1,5,7,10-11H,2-4,6,8H2,(H,19,23)(H,20,21,22). The molecule has 1 saturated carbocycles. The lowest BCUT2D eigenvalue weighted by Gasteiger charge is -2.09. The van der Waals surface area contributed by atoms with Crippen LogP contribution in [0.15, 0.2) is 18.2 Å². The van der Waals surface area contributed by atoms with Crippen LogP contribution in [0, 0.1) is 0 Å². The lowest BCUT2D eigenvalue weighted by atomic mass is 10.1. The molecule has 0 spiro atoms. The van der Waals surface area contributed by atoms with Crippen LogP contribution in [0.4, 0.5) is 5.13 Å². The molecule has 5 rings (SSSR count). The van der Waals surface area contributed by atoms with Gasteiger partial charge in [-0.3, -0.25) is 14.9 Å². The molecule has 2 N–H and O–H groups in total. The van der Waals surface area contributed by atoms with Crippen molar-refractivity contribution in [3.8, 4) is 11.5 Å². The van der Waals surface area contributed by atoms with Gasteiger partial charge in [-0.1, -0.05) is 0 Å². The van der Waals surface area contributed by atoms with Crippen LogP contribution in [0.25, 0.3) is 0 Å². The van der Waals surface area contributed by atoms with Crippen molar-refractivity contribution in [1.29, 1.82) is 0 Å². The number of carbonyl (C=O) groups is 2. The van der Waals surface area contributed by atoms with Crippen molar-refractivity contribution < 1.29 is 19.1 Å². The van der Waals surface area contributed by atoms with Crippen molar-refractivity contribution >= 4 is 28.3 Å². The summed E-state index contributed by atoms with van der Waals surface area (Å²) in [5.74, 6) is 0.813. The number of hydrogen-bond donors (Lipinski definition) is 2. The number of nitrogens with zero attached hydrogens (tertiary/aromatic N) is 1. The Balaban J connectivity index is 1.31. The fourth-order valence-corrected chi connectivity index (χ4v) is 4.31. The molecule has 134 valence electrons. The molecule has 8 heteroatoms. The number of benzene rings is 1. The topological polar surface area (TPSA) is 89.6 Å². The van der Waals surface area contributed by atoms with Gasteiger partial charge in [0.2, 0.25) is 12.7 Å². The third kappa shape index (κ3) is 2.80. The van der Waals surface area contributed by atoms with Crippen molar-refractivity contribution in [1.82, 2.24) is 10.3 Å². The Bertz CT molecular complexity index is 906. The lowest BCUT2D eigenvalue weighted by molar-refractivity contribution is -0.122. The summed E-state index contributed by atoms with van der Waals surface area (Å²) >= 11 is 1.45. The first-order valence-electron chi connectivity index (χ1n) is 8.68. The fraction of sp³-hybridized carbons (Fsp3) is 0.389. The van der Waals surface area contributed by atoms with Gasteiger partial charge in [-0.15, -0.1) is 11.3 Å². The molecule has 0 saturated heterocycles. The van der Waals surface area contributed by atoms with E-state index in [9.17, 15) is 9.59 Å². The zero-order chi connectivity index (χ0) is 17.7. The predicted octanol–water partition coefficient (Wildman–Crippen LogP) is 2.43. The van der Waals surface area contributed by atoms with Crippen molar-refractivity contribution in [2.24, 2.45) is 0 Å². The molecule has 2 aliphatic carbocycles. The maximum atomic E-state index is 12.5. The number of aromatic nitrogens is 1. The predicted molar refractivity (Wildman–Crippen MR) is 94.9 cm³/mol. The van der Waals surface area contributed by atoms with Crippen LogP contribution in [-0.4, -0.2) is 29.6 Å². The number of aryl methyl sites for hydroxylation is 1. The molecule has 2 heterocycles. The van der Waals surface area contributed by atoms with Crippen LogP contribution in [0.5, 0.6) is 11.5 Å². The van der Waals surface area contributed by atoms with Crippen LogP contribution in [0.2, 0.25) is 0 Å². The van der Waals surface area contributed by atoms with Gasteiger partial charge in [0.1, 0.15) is 0 Å². The van der Waals surface area contributed by atoms with Crippen LogP contribution >= 0.6 is 11.3 Å². The van der Waals surface area contributed by atoms with E-state index in [0.29, 0.717) is 28.2 Å². The maximum absolute atomic E-state index is 12.5. The van der Waals surface area contributed by atoms with Gasteiger partial charge in [-0.05, 0) is 43.9 Å². The van der Waals surface area contributed by atoms with Gasteiger partial charge < -0.3 is 14.8 Å². The molecule has 2 amide bonds. The highest BCUT2D eigenvalue weighted by atomic mass is 32.1. The number of ether oxygens (including phenoxy) is 2. The number of amides is 2. The zero-order valence-electron chi connectivity index (χ0n) is 13.9. The largest absolute Gasteiger partial charge is 0.454 e. The minimum absolute atomic E-state index is 0.0604. The number of thiazole rings is 1. The maximum Gasteiger partial charge on any atom is 0.257 e. The third-order valence-electron chi connectivity index (χ3n) is 4.81. The van der Waals surface area contributed by atoms with E-state index >= 15 is 0 Å². The van der Waals surface area contributed by atoms with E-state index in [4.69, 9.17) is 9.47 Å². The smallest absolute Gasteiger partial charge is 0.257 e. The van der Waals surface area contributed by atoms with Crippen LogP contribution in [0.1, 0.15) is 46.1 Å². The average molecular weight is 371 g/mol. The summed E-state index contributed by atoms with van der Waals surface area (Å²) in [5, 5.41) is 6.41. The average Bonchev–Trinajstić information content (AvgIpc) is 3.03. The first-order valence-corrected chi connectivity index (χ1v) is 9.50. The molecular weight excluding hydrogens is 354 g/mol. The van der Waals surface area contributed by atoms with Gasteiger partial charge in [0.15, 0.2) is 16.6 Å². The number of rotatable bonds is 4. The van der Waals surface area contributed by atoms with Crippen molar-refractivity contribution in [2.45, 2.75) is 37.6 Å². The molecule has 1 aromatic heterocycles. The first kappa shape index (κ1) is 15.6. The Morgan fingerprint density at radius 2 is 2.00 bits per heavy atom. The molecule has 0 radical (unpaired) electrons. The molecule has 0 bridgehead atoms. The van der Waals surface area contributed by atoms with Crippen LogP contribution in [0.3, 0.4) is 0 Å². The molecule has 7 nitrogen and oxygen atoms in total. The van der Waals surface area contributed by atoms with Crippen molar-refractivity contribution in [3.63, 3.8) is 0 Å². The van der Waals surface area contributed by atoms with E-state index in [1.54, 1.807) is 18.2 Å². The molecule has 3 aliphatic rings. The van der Waals surface area contributed by atoms with E-state index in [0.717, 1.165) is 36.3 Å². The van der Waals surface area contributed by atoms with Gasteiger partial charge in [-0.2, -0.15) is 0 Å². The minimum atomic E-state index is -0.255. The Morgan fingerprint density at radius 1 is 1.15 bits per heavy atom. The van der Waals surface area contributed by atoms with Crippen molar-refractivity contribution in [3.05, 3.63) is 34.3 Å². The van der Waals surface area contributed by atoms with Gasteiger partial charge in [0.05, 0.1) is 11.6 Å². The van der Waals surface area contributed by atoms with E-state index in [2.05, 4.69) is 15.6 Å². The SMILES string of the molecule is O=C(Nc1nc2c(s1)CCC2C(=O)NC1CC1)c1ccc2c(c1)OCO2. The summed E-state index contributed by atoms with van der Waals surface area (Å²) in [4.78, 5) is 30.5. The number of fused-ring (bicyclic) bond motifs is 2. The van der Waals surface area contributed by atoms with E-state index in [1.165, 1.54) is 11.3 Å². The summed E-state index contributed by atoms with van der Waals surface area (Å²) in [5.41, 5.74) is 1.29. The minimum Gasteiger partial charge on any atom is -0.454 e. The molecule has 1 aromatic carbocycles. The summed E-state index contributed by atoms with van der Waals surface area (Å²) in [6.07, 6.45) is 3.76. The molecular formula is C18H17N3O4S. The highest BCUT2D eigenvalue weighted by Gasteiger charge is 2.35. The van der Waals surface area contributed by atoms with Gasteiger partial charge in [0.25, 0.3) is 5.91 Å². The fourth-order valence-electron chi connectivity index (χ4n) is 3.27. The Hall–Kier alpha value is -2.61. The first-order chi connectivity index (χ1) is 12.7. The number of anilines is 1. The van der Waals surface area contributed by atoms with Crippen LogP contribution < -0.4 is 20.1 Å². The molecule has 1 aliphatic heterocycles. The third-order valence-corrected chi connectivity index (χ3v) is 5.86. The summed E-state index contributed by atoms with van der Waals surface area (Å²) < 4.78 is 10.6. The monoisotopic (exact) mass is 371 g/mol. The number of carbonyl (C=O) groups excluding carboxylic acids is 2. The number of hydrogen-bond acceptors (Lipinski definition) is 6. The molecule has 1 unspecified atom stereocenters. The molecule has 2 aromatic rings. The van der Waals surface area contributed by atoms with Gasteiger partial charge in [-0.25, -0.2) is 4.98 Å². The summed E-state index contributed by atoms with van der Waals surface area (Å²) in [6.45, 7) is 0.171. The Kier molecular flexibility index (Phi) is 3.59. The zero-order valence-corrected chi connectivity index (χ0v) is 14.7. The summed E-state index contributed by atoms with van der Waals surface area (Å²) in [6, 6.07) is 5.41. The Labute approximate surface area is 153 Å². The summed E-state index contributed by atoms with van der Waals surface area (Å²) in [7, 11) is 0. The quantitative estimate of drug-likeness (QED) is 0.862. The van der Waals surface area contributed by atoms with E-state index in [1.807, 2.05) is 0 Å². The van der Waals surface area contributed by atoms with E-state index < -0.39 is 0 Å². The normalized spacial score (nSPS) is 19.9. The number of nitrogens with one attached hydrogen (secondary N) is 2. The van der Waals surface area contributed by atoms with Gasteiger partial charge in [0, 0.05) is 16.5 Å². The second-order valence-electron chi connectivity index (χ2n) is 6.72. The molecule has 26 heavy (non-hydrogen) atoms. The Morgan fingerprint density at radius 3 is 2.85 bits per heavy atom. The van der Waals surface area contributed by atoms with E-state index in [-0.39, 0.29) is 24.5 Å². The second-order valence-corrected chi connectivity index (χ2v) is 7.81. The van der Waals surface area contributed by atoms with Crippen LogP contribution in [-0.2, 0) is 11.2 Å². The molecule has 1 fully saturated rings. The van der Waals surface area contributed by atoms with Crippen molar-refractivity contribution in [2.75, 3.05) is 12.1 Å². The lowest BCUT2D eigenvalue weighted by Crippen LogP contribution is -2.30. The van der Waals surface area contributed by atoms with Gasteiger partial charge >= 0.3 is 0 Å². The molecule has 1 atom stereocenters. The second kappa shape index (κ2) is 5.98.